The molecule has 110 valence electrons. The van der Waals surface area contributed by atoms with E-state index in [0.717, 1.165) is 18.8 Å². The van der Waals surface area contributed by atoms with Crippen LogP contribution in [-0.4, -0.2) is 12.1 Å². The Labute approximate surface area is 116 Å². The van der Waals surface area contributed by atoms with Crippen LogP contribution in [0.25, 0.3) is 0 Å². The van der Waals surface area contributed by atoms with Crippen LogP contribution in [-0.2, 0) is 14.5 Å². The molecule has 2 fully saturated rings. The molecule has 1 heterocycles. The Balaban J connectivity index is 2.17. The Kier molecular flexibility index (Phi) is 4.85. The topological polar surface area (TPSA) is 47.6 Å². The number of hydrogen-bond acceptors (Lipinski definition) is 4. The zero-order valence-corrected chi connectivity index (χ0v) is 12.5. The van der Waals surface area contributed by atoms with Crippen molar-refractivity contribution in [1.29, 1.82) is 0 Å². The number of fused-ring (bicyclic) bond motifs is 2. The molecule has 0 aromatic carbocycles. The van der Waals surface area contributed by atoms with E-state index in [9.17, 15) is 4.79 Å². The lowest BCUT2D eigenvalue weighted by molar-refractivity contribution is -0.209. The van der Waals surface area contributed by atoms with Gasteiger partial charge in [-0.2, -0.15) is 0 Å². The van der Waals surface area contributed by atoms with Crippen molar-refractivity contribution in [2.45, 2.75) is 59.5 Å². The van der Waals surface area contributed by atoms with Crippen molar-refractivity contribution >= 4 is 5.97 Å². The van der Waals surface area contributed by atoms with Crippen LogP contribution >= 0.6 is 0 Å². The summed E-state index contributed by atoms with van der Waals surface area (Å²) in [5, 5.41) is 0. The smallest absolute Gasteiger partial charge is 0.330 e. The average Bonchev–Trinajstić information content (AvgIpc) is 2.37. The summed E-state index contributed by atoms with van der Waals surface area (Å²) >= 11 is 0. The van der Waals surface area contributed by atoms with Gasteiger partial charge in [0.05, 0.1) is 12.0 Å². The van der Waals surface area contributed by atoms with E-state index >= 15 is 0 Å². The Hall–Kier alpha value is -0.610. The molecular formula is C15H27NO3. The second kappa shape index (κ2) is 6.23. The fourth-order valence-corrected chi connectivity index (χ4v) is 3.92. The maximum atomic E-state index is 12.0. The molecule has 19 heavy (non-hydrogen) atoms. The highest BCUT2D eigenvalue weighted by Crippen LogP contribution is 2.44. The lowest BCUT2D eigenvalue weighted by Crippen LogP contribution is -2.38. The molecule has 0 amide bonds. The first-order valence-corrected chi connectivity index (χ1v) is 7.62. The van der Waals surface area contributed by atoms with E-state index in [-0.39, 0.29) is 18.0 Å². The van der Waals surface area contributed by atoms with E-state index in [1.165, 1.54) is 12.8 Å². The second-order valence-corrected chi connectivity index (χ2v) is 6.54. The Bertz CT molecular complexity index is 321. The van der Waals surface area contributed by atoms with Crippen molar-refractivity contribution in [3.63, 3.8) is 0 Å². The van der Waals surface area contributed by atoms with Gasteiger partial charge in [-0.1, -0.05) is 27.2 Å². The maximum Gasteiger partial charge on any atom is 0.330 e. The molecule has 4 heteroatoms. The van der Waals surface area contributed by atoms with Crippen molar-refractivity contribution < 1.29 is 14.5 Å². The molecule has 1 N–H and O–H groups in total. The molecule has 0 aromatic heterocycles. The average molecular weight is 269 g/mol. The second-order valence-electron chi connectivity index (χ2n) is 6.54. The fourth-order valence-electron chi connectivity index (χ4n) is 3.92. The minimum atomic E-state index is -0.195. The standard InChI is InChI=1S/C15H27NO3/c1-9-5-7-14-11(3)13(9)8-6-10(2)18-16-19-15(17)12(14)4/h9-14,16H,5-8H2,1-4H3/t9-,10+,11?,12-,13?,14-/m1/s1. The number of carbonyl (C=O) groups excluding carboxylic acids is 1. The van der Waals surface area contributed by atoms with Gasteiger partial charge in [0.15, 0.2) is 0 Å². The predicted molar refractivity (Wildman–Crippen MR) is 72.7 cm³/mol. The van der Waals surface area contributed by atoms with Gasteiger partial charge in [0, 0.05) is 0 Å². The van der Waals surface area contributed by atoms with Crippen LogP contribution in [0.15, 0.2) is 0 Å². The van der Waals surface area contributed by atoms with Crippen molar-refractivity contribution in [2.75, 3.05) is 0 Å². The fraction of sp³-hybridized carbons (Fsp3) is 0.933. The zero-order chi connectivity index (χ0) is 14.0. The van der Waals surface area contributed by atoms with Gasteiger partial charge < -0.3 is 4.84 Å². The molecule has 1 aliphatic carbocycles. The van der Waals surface area contributed by atoms with E-state index in [2.05, 4.69) is 19.5 Å². The Morgan fingerprint density at radius 3 is 2.42 bits per heavy atom. The van der Waals surface area contributed by atoms with Crippen LogP contribution in [0.1, 0.15) is 53.4 Å². The first kappa shape index (κ1) is 14.8. The minimum absolute atomic E-state index is 0.0606. The molecular weight excluding hydrogens is 242 g/mol. The SMILES string of the molecule is CC1C2CC[C@H](C)ONOC(=O)[C@H](C)[C@@H]1CC[C@H]2C. The first-order valence-electron chi connectivity index (χ1n) is 7.62. The monoisotopic (exact) mass is 269 g/mol. The highest BCUT2D eigenvalue weighted by molar-refractivity contribution is 5.72. The number of nitrogens with one attached hydrogen (secondary N) is 1. The maximum absolute atomic E-state index is 12.0. The molecule has 1 saturated carbocycles. The van der Waals surface area contributed by atoms with Crippen molar-refractivity contribution in [3.05, 3.63) is 0 Å². The van der Waals surface area contributed by atoms with Gasteiger partial charge in [-0.05, 0) is 55.5 Å². The molecule has 0 radical (unpaired) electrons. The molecule has 0 aromatic rings. The molecule has 4 nitrogen and oxygen atoms in total. The van der Waals surface area contributed by atoms with Gasteiger partial charge in [0.25, 0.3) is 0 Å². The third-order valence-corrected chi connectivity index (χ3v) is 5.35. The minimum Gasteiger partial charge on any atom is -0.345 e. The van der Waals surface area contributed by atoms with Crippen molar-refractivity contribution in [3.8, 4) is 0 Å². The third kappa shape index (κ3) is 3.29. The van der Waals surface area contributed by atoms with Gasteiger partial charge in [0.2, 0.25) is 0 Å². The van der Waals surface area contributed by atoms with Gasteiger partial charge in [-0.25, -0.2) is 4.79 Å². The summed E-state index contributed by atoms with van der Waals surface area (Å²) in [6.07, 6.45) is 4.60. The molecule has 2 bridgehead atoms. The van der Waals surface area contributed by atoms with E-state index in [4.69, 9.17) is 9.68 Å². The van der Waals surface area contributed by atoms with Crippen LogP contribution < -0.4 is 5.64 Å². The van der Waals surface area contributed by atoms with Crippen LogP contribution in [0, 0.1) is 29.6 Å². The molecule has 2 rings (SSSR count). The van der Waals surface area contributed by atoms with Crippen LogP contribution in [0.4, 0.5) is 0 Å². The summed E-state index contributed by atoms with van der Waals surface area (Å²) < 4.78 is 0. The molecule has 2 aliphatic rings. The summed E-state index contributed by atoms with van der Waals surface area (Å²) in [4.78, 5) is 22.3. The van der Waals surface area contributed by atoms with Gasteiger partial charge in [-0.15, -0.1) is 0 Å². The van der Waals surface area contributed by atoms with Crippen LogP contribution in [0.5, 0.6) is 0 Å². The number of rotatable bonds is 0. The summed E-state index contributed by atoms with van der Waals surface area (Å²) in [6, 6.07) is 0. The van der Waals surface area contributed by atoms with Crippen molar-refractivity contribution in [2.24, 2.45) is 29.6 Å². The highest BCUT2D eigenvalue weighted by Gasteiger charge is 2.40. The normalized spacial score (nSPS) is 45.2. The summed E-state index contributed by atoms with van der Waals surface area (Å²) in [5.41, 5.74) is 2.37. The van der Waals surface area contributed by atoms with E-state index in [1.54, 1.807) is 0 Å². The first-order chi connectivity index (χ1) is 9.00. The quantitative estimate of drug-likeness (QED) is 0.734. The summed E-state index contributed by atoms with van der Waals surface area (Å²) in [5.74, 6) is 2.20. The molecule has 0 spiro atoms. The lowest BCUT2D eigenvalue weighted by Gasteiger charge is -2.42. The van der Waals surface area contributed by atoms with E-state index < -0.39 is 0 Å². The van der Waals surface area contributed by atoms with E-state index in [0.29, 0.717) is 17.8 Å². The van der Waals surface area contributed by atoms with E-state index in [1.807, 2.05) is 13.8 Å². The highest BCUT2D eigenvalue weighted by atomic mass is 16.9. The number of carbonyl (C=O) groups is 1. The molecule has 6 atom stereocenters. The zero-order valence-electron chi connectivity index (χ0n) is 12.5. The number of hydrogen-bond donors (Lipinski definition) is 1. The lowest BCUT2D eigenvalue weighted by atomic mass is 9.63. The van der Waals surface area contributed by atoms with Gasteiger partial charge in [-0.3, -0.25) is 4.84 Å². The summed E-state index contributed by atoms with van der Waals surface area (Å²) in [6.45, 7) is 8.66. The third-order valence-electron chi connectivity index (χ3n) is 5.35. The Morgan fingerprint density at radius 2 is 1.68 bits per heavy atom. The Morgan fingerprint density at radius 1 is 1.00 bits per heavy atom. The van der Waals surface area contributed by atoms with Gasteiger partial charge in [0.1, 0.15) is 0 Å². The van der Waals surface area contributed by atoms with Gasteiger partial charge >= 0.3 is 5.97 Å². The van der Waals surface area contributed by atoms with Crippen LogP contribution in [0.3, 0.4) is 0 Å². The van der Waals surface area contributed by atoms with Crippen LogP contribution in [0.2, 0.25) is 0 Å². The molecule has 1 aliphatic heterocycles. The molecule has 1 saturated heterocycles. The molecule has 2 unspecified atom stereocenters. The summed E-state index contributed by atoms with van der Waals surface area (Å²) in [7, 11) is 0. The van der Waals surface area contributed by atoms with Crippen molar-refractivity contribution in [1.82, 2.24) is 5.64 Å². The largest absolute Gasteiger partial charge is 0.345 e. The predicted octanol–water partition coefficient (Wildman–Crippen LogP) is 3.08.